The maximum absolute atomic E-state index is 6.10. The van der Waals surface area contributed by atoms with Gasteiger partial charge in [0.1, 0.15) is 0 Å². The van der Waals surface area contributed by atoms with E-state index >= 15 is 0 Å². The van der Waals surface area contributed by atoms with Gasteiger partial charge in [0.25, 0.3) is 0 Å². The van der Waals surface area contributed by atoms with Gasteiger partial charge in [-0.05, 0) is 71.6 Å². The lowest BCUT2D eigenvalue weighted by atomic mass is 9.83. The van der Waals surface area contributed by atoms with Gasteiger partial charge in [-0.3, -0.25) is 0 Å². The molecular weight excluding hydrogens is 323 g/mol. The molecule has 3 aliphatic carbocycles. The zero-order chi connectivity index (χ0) is 15.7. The highest BCUT2D eigenvalue weighted by atomic mass is 35.5. The van der Waals surface area contributed by atoms with Crippen LogP contribution in [-0.2, 0) is 5.41 Å². The molecule has 5 rings (SSSR count). The van der Waals surface area contributed by atoms with Crippen molar-refractivity contribution in [2.75, 3.05) is 0 Å². The Balaban J connectivity index is 1.63. The molecule has 2 saturated carbocycles. The Kier molecular flexibility index (Phi) is 2.86. The van der Waals surface area contributed by atoms with Crippen molar-refractivity contribution in [1.82, 2.24) is 0 Å². The van der Waals surface area contributed by atoms with Crippen LogP contribution in [-0.4, -0.2) is 0 Å². The predicted molar refractivity (Wildman–Crippen MR) is 97.0 cm³/mol. The maximum atomic E-state index is 6.10. The molecule has 0 N–H and O–H groups in total. The topological polar surface area (TPSA) is 0 Å². The fraction of sp³-hybridized carbons (Fsp3) is 0.333. The van der Waals surface area contributed by atoms with E-state index < -0.39 is 0 Å². The Morgan fingerprint density at radius 2 is 1.52 bits per heavy atom. The van der Waals surface area contributed by atoms with E-state index in [0.29, 0.717) is 11.3 Å². The number of allylic oxidation sites excluding steroid dienone is 2. The van der Waals surface area contributed by atoms with Crippen molar-refractivity contribution in [2.24, 2.45) is 11.3 Å². The quantitative estimate of drug-likeness (QED) is 0.583. The molecule has 116 valence electrons. The van der Waals surface area contributed by atoms with Crippen LogP contribution in [0.2, 0.25) is 10.0 Å². The maximum Gasteiger partial charge on any atom is 0.0406 e. The molecule has 23 heavy (non-hydrogen) atoms. The zero-order valence-corrected chi connectivity index (χ0v) is 14.4. The second-order valence-corrected chi connectivity index (χ2v) is 8.24. The van der Waals surface area contributed by atoms with E-state index in [1.54, 1.807) is 5.57 Å². The Morgan fingerprint density at radius 3 is 2.22 bits per heavy atom. The average Bonchev–Trinajstić information content (AvgIpc) is 2.88. The van der Waals surface area contributed by atoms with Crippen LogP contribution in [0.1, 0.15) is 36.8 Å². The Hall–Kier alpha value is -1.24. The molecular formula is C21H18Cl2. The molecule has 1 spiro atoms. The lowest BCUT2D eigenvalue weighted by Crippen LogP contribution is -2.14. The van der Waals surface area contributed by atoms with Crippen molar-refractivity contribution < 1.29 is 0 Å². The van der Waals surface area contributed by atoms with Crippen LogP contribution < -0.4 is 0 Å². The summed E-state index contributed by atoms with van der Waals surface area (Å²) < 4.78 is 0. The third kappa shape index (κ3) is 1.80. The molecule has 2 aromatic carbocycles. The molecule has 0 nitrogen and oxygen atoms in total. The SMILES string of the molecule is Clc1ccc(C2=C[C@]3(c4ccc(Cl)cc4)C[C@@]34CCC[C@@H]24)cc1. The van der Waals surface area contributed by atoms with Gasteiger partial charge in [0, 0.05) is 15.5 Å². The first-order valence-corrected chi connectivity index (χ1v) is 9.15. The monoisotopic (exact) mass is 340 g/mol. The summed E-state index contributed by atoms with van der Waals surface area (Å²) in [4.78, 5) is 0. The molecule has 2 aromatic rings. The predicted octanol–water partition coefficient (Wildman–Crippen LogP) is 6.52. The molecule has 0 radical (unpaired) electrons. The first-order chi connectivity index (χ1) is 11.1. The third-order valence-corrected chi connectivity index (χ3v) is 6.96. The van der Waals surface area contributed by atoms with Gasteiger partial charge in [-0.15, -0.1) is 0 Å². The average molecular weight is 341 g/mol. The van der Waals surface area contributed by atoms with Crippen molar-refractivity contribution >= 4 is 28.8 Å². The normalized spacial score (nSPS) is 34.0. The summed E-state index contributed by atoms with van der Waals surface area (Å²) in [7, 11) is 0. The van der Waals surface area contributed by atoms with Gasteiger partial charge >= 0.3 is 0 Å². The van der Waals surface area contributed by atoms with E-state index in [9.17, 15) is 0 Å². The van der Waals surface area contributed by atoms with Gasteiger partial charge in [0.05, 0.1) is 0 Å². The first kappa shape index (κ1) is 14.1. The van der Waals surface area contributed by atoms with Crippen molar-refractivity contribution in [1.29, 1.82) is 0 Å². The van der Waals surface area contributed by atoms with Crippen LogP contribution in [0, 0.1) is 11.3 Å². The molecule has 3 aliphatic rings. The second kappa shape index (κ2) is 4.65. The smallest absolute Gasteiger partial charge is 0.0406 e. The molecule has 0 saturated heterocycles. The van der Waals surface area contributed by atoms with Crippen molar-refractivity contribution in [3.8, 4) is 0 Å². The molecule has 0 amide bonds. The van der Waals surface area contributed by atoms with Crippen LogP contribution in [0.4, 0.5) is 0 Å². The van der Waals surface area contributed by atoms with E-state index in [1.165, 1.54) is 36.8 Å². The number of benzene rings is 2. The highest BCUT2D eigenvalue weighted by molar-refractivity contribution is 6.30. The highest BCUT2D eigenvalue weighted by Crippen LogP contribution is 2.81. The lowest BCUT2D eigenvalue weighted by Gasteiger charge is -2.20. The van der Waals surface area contributed by atoms with E-state index in [0.717, 1.165) is 10.0 Å². The Morgan fingerprint density at radius 1 is 0.870 bits per heavy atom. The van der Waals surface area contributed by atoms with Gasteiger partial charge in [0.2, 0.25) is 0 Å². The van der Waals surface area contributed by atoms with Gasteiger partial charge in [-0.25, -0.2) is 0 Å². The van der Waals surface area contributed by atoms with E-state index in [4.69, 9.17) is 23.2 Å². The van der Waals surface area contributed by atoms with Gasteiger partial charge in [-0.1, -0.05) is 60.0 Å². The summed E-state index contributed by atoms with van der Waals surface area (Å²) in [6, 6.07) is 16.9. The molecule has 0 aromatic heterocycles. The van der Waals surface area contributed by atoms with Crippen molar-refractivity contribution in [3.63, 3.8) is 0 Å². The minimum atomic E-state index is 0.244. The van der Waals surface area contributed by atoms with E-state index in [2.05, 4.69) is 30.3 Å². The summed E-state index contributed by atoms with van der Waals surface area (Å²) in [6.45, 7) is 0. The molecule has 3 atom stereocenters. The van der Waals surface area contributed by atoms with Crippen LogP contribution in [0.3, 0.4) is 0 Å². The summed E-state index contributed by atoms with van der Waals surface area (Å²) >= 11 is 12.2. The molecule has 0 heterocycles. The standard InChI is InChI=1S/C21H18Cl2/c22-16-7-3-14(4-8-16)18-12-21(15-5-9-17(23)10-6-15)13-20(21)11-1-2-19(18)20/h3-10,12,19H,1-2,11,13H2/t19-,20+,21+/m0/s1. The fourth-order valence-electron chi connectivity index (χ4n) is 5.43. The minimum absolute atomic E-state index is 0.244. The van der Waals surface area contributed by atoms with Crippen molar-refractivity contribution in [3.05, 3.63) is 75.8 Å². The highest BCUT2D eigenvalue weighted by Gasteiger charge is 2.74. The Labute approximate surface area is 147 Å². The number of hydrogen-bond acceptors (Lipinski definition) is 0. The molecule has 2 fully saturated rings. The summed E-state index contributed by atoms with van der Waals surface area (Å²) in [5.74, 6) is 0.708. The van der Waals surface area contributed by atoms with Gasteiger partial charge in [-0.2, -0.15) is 0 Å². The summed E-state index contributed by atoms with van der Waals surface area (Å²) in [6.07, 6.45) is 7.91. The first-order valence-electron chi connectivity index (χ1n) is 8.39. The Bertz CT molecular complexity index is 803. The molecule has 0 unspecified atom stereocenters. The molecule has 0 aliphatic heterocycles. The van der Waals surface area contributed by atoms with Crippen LogP contribution in [0.25, 0.3) is 5.57 Å². The van der Waals surface area contributed by atoms with Crippen LogP contribution >= 0.6 is 23.2 Å². The lowest BCUT2D eigenvalue weighted by molar-refractivity contribution is 0.422. The number of rotatable bonds is 2. The van der Waals surface area contributed by atoms with Crippen LogP contribution in [0.15, 0.2) is 54.6 Å². The van der Waals surface area contributed by atoms with Gasteiger partial charge in [0.15, 0.2) is 0 Å². The van der Waals surface area contributed by atoms with Gasteiger partial charge < -0.3 is 0 Å². The van der Waals surface area contributed by atoms with E-state index in [1.807, 2.05) is 24.3 Å². The minimum Gasteiger partial charge on any atom is -0.0843 e. The van der Waals surface area contributed by atoms with Crippen LogP contribution in [0.5, 0.6) is 0 Å². The second-order valence-electron chi connectivity index (χ2n) is 7.36. The molecule has 2 heteroatoms. The van der Waals surface area contributed by atoms with E-state index in [-0.39, 0.29) is 5.41 Å². The summed E-state index contributed by atoms with van der Waals surface area (Å²) in [5, 5.41) is 1.63. The fourth-order valence-corrected chi connectivity index (χ4v) is 5.68. The summed E-state index contributed by atoms with van der Waals surface area (Å²) in [5.41, 5.74) is 5.04. The number of hydrogen-bond donors (Lipinski definition) is 0. The largest absolute Gasteiger partial charge is 0.0843 e. The molecule has 0 bridgehead atoms. The van der Waals surface area contributed by atoms with Crippen molar-refractivity contribution in [2.45, 2.75) is 31.1 Å². The number of halogens is 2. The third-order valence-electron chi connectivity index (χ3n) is 6.45. The zero-order valence-electron chi connectivity index (χ0n) is 12.9.